The molecule has 0 radical (unpaired) electrons. The Hall–Kier alpha value is -1.54. The van der Waals surface area contributed by atoms with Gasteiger partial charge >= 0.3 is 6.18 Å². The van der Waals surface area contributed by atoms with E-state index in [-0.39, 0.29) is 0 Å². The van der Waals surface area contributed by atoms with E-state index in [1.54, 1.807) is 13.8 Å². The van der Waals surface area contributed by atoms with Crippen molar-refractivity contribution in [2.45, 2.75) is 31.5 Å². The predicted molar refractivity (Wildman–Crippen MR) is 58.1 cm³/mol. The lowest BCUT2D eigenvalue weighted by molar-refractivity contribution is -0.137. The van der Waals surface area contributed by atoms with Crippen LogP contribution < -0.4 is 5.73 Å². The minimum absolute atomic E-state index is 0.611. The lowest BCUT2D eigenvalue weighted by atomic mass is 9.78. The van der Waals surface area contributed by atoms with Crippen molar-refractivity contribution in [2.24, 2.45) is 5.73 Å². The number of nitrogens with zero attached hydrogens (tertiary/aromatic N) is 1. The van der Waals surface area contributed by atoms with Crippen LogP contribution in [0.2, 0.25) is 0 Å². The molecule has 1 aromatic carbocycles. The van der Waals surface area contributed by atoms with E-state index < -0.39 is 23.2 Å². The van der Waals surface area contributed by atoms with E-state index in [9.17, 15) is 13.2 Å². The van der Waals surface area contributed by atoms with E-state index in [2.05, 4.69) is 0 Å². The van der Waals surface area contributed by atoms with Crippen molar-refractivity contribution in [1.82, 2.24) is 0 Å². The van der Waals surface area contributed by atoms with Gasteiger partial charge in [0.05, 0.1) is 11.6 Å². The number of hydrogen-bond acceptors (Lipinski definition) is 2. The molecule has 0 aliphatic heterocycles. The molecule has 1 rings (SSSR count). The number of nitrogens with two attached hydrogens (primary N) is 1. The summed E-state index contributed by atoms with van der Waals surface area (Å²) in [7, 11) is 0. The van der Waals surface area contributed by atoms with Gasteiger partial charge in [0.25, 0.3) is 0 Å². The monoisotopic (exact) mass is 242 g/mol. The summed E-state index contributed by atoms with van der Waals surface area (Å²) >= 11 is 0. The highest BCUT2D eigenvalue weighted by molar-refractivity contribution is 5.32. The summed E-state index contributed by atoms with van der Waals surface area (Å²) in [6, 6.07) is 5.86. The molecule has 0 bridgehead atoms. The van der Waals surface area contributed by atoms with Crippen molar-refractivity contribution in [1.29, 1.82) is 5.26 Å². The first-order chi connectivity index (χ1) is 7.69. The highest BCUT2D eigenvalue weighted by Crippen LogP contribution is 2.32. The summed E-state index contributed by atoms with van der Waals surface area (Å²) in [5.41, 5.74) is 4.85. The van der Waals surface area contributed by atoms with Crippen LogP contribution in [0.15, 0.2) is 24.3 Å². The molecule has 0 amide bonds. The normalized spacial score (nSPS) is 14.2. The van der Waals surface area contributed by atoms with Crippen molar-refractivity contribution in [3.63, 3.8) is 0 Å². The highest BCUT2D eigenvalue weighted by atomic mass is 19.4. The molecule has 92 valence electrons. The van der Waals surface area contributed by atoms with Gasteiger partial charge in [0, 0.05) is 5.41 Å². The second-order valence-electron chi connectivity index (χ2n) is 4.40. The minimum atomic E-state index is -4.35. The number of rotatable bonds is 2. The van der Waals surface area contributed by atoms with Gasteiger partial charge in [0.1, 0.15) is 6.04 Å². The highest BCUT2D eigenvalue weighted by Gasteiger charge is 2.32. The van der Waals surface area contributed by atoms with Crippen molar-refractivity contribution >= 4 is 0 Å². The standard InChI is InChI=1S/C12H13F3N2/c1-11(2,10(17)7-16)8-3-5-9(6-4-8)12(13,14)15/h3-6,10H,17H2,1-2H3. The Morgan fingerprint density at radius 2 is 1.53 bits per heavy atom. The molecular weight excluding hydrogens is 229 g/mol. The zero-order valence-electron chi connectivity index (χ0n) is 9.55. The summed E-state index contributed by atoms with van der Waals surface area (Å²) in [5, 5.41) is 8.76. The van der Waals surface area contributed by atoms with Crippen LogP contribution in [-0.4, -0.2) is 6.04 Å². The molecular formula is C12H13F3N2. The molecule has 1 aromatic rings. The smallest absolute Gasteiger partial charge is 0.315 e. The lowest BCUT2D eigenvalue weighted by Crippen LogP contribution is -2.39. The maximum Gasteiger partial charge on any atom is 0.416 e. The third-order valence-corrected chi connectivity index (χ3v) is 2.87. The van der Waals surface area contributed by atoms with Gasteiger partial charge in [-0.2, -0.15) is 18.4 Å². The first-order valence-corrected chi connectivity index (χ1v) is 5.02. The molecule has 0 aromatic heterocycles. The Labute approximate surface area is 97.9 Å². The molecule has 0 fully saturated rings. The average molecular weight is 242 g/mol. The number of halogens is 3. The quantitative estimate of drug-likeness (QED) is 0.866. The van der Waals surface area contributed by atoms with Crippen LogP contribution >= 0.6 is 0 Å². The number of alkyl halides is 3. The van der Waals surface area contributed by atoms with Crippen LogP contribution in [0.5, 0.6) is 0 Å². The Kier molecular flexibility index (Phi) is 3.48. The van der Waals surface area contributed by atoms with Crippen molar-refractivity contribution in [3.05, 3.63) is 35.4 Å². The molecule has 1 unspecified atom stereocenters. The van der Waals surface area contributed by atoms with Gasteiger partial charge in [0.15, 0.2) is 0 Å². The Balaban J connectivity index is 3.08. The fraction of sp³-hybridized carbons (Fsp3) is 0.417. The molecule has 0 aliphatic rings. The van der Waals surface area contributed by atoms with E-state index >= 15 is 0 Å². The number of nitriles is 1. The summed E-state index contributed by atoms with van der Waals surface area (Å²) in [6.45, 7) is 3.45. The Morgan fingerprint density at radius 1 is 1.12 bits per heavy atom. The van der Waals surface area contributed by atoms with Gasteiger partial charge in [-0.05, 0) is 17.7 Å². The first-order valence-electron chi connectivity index (χ1n) is 5.02. The molecule has 2 N–H and O–H groups in total. The van der Waals surface area contributed by atoms with Gasteiger partial charge < -0.3 is 5.73 Å². The summed E-state index contributed by atoms with van der Waals surface area (Å²) in [6.07, 6.45) is -4.35. The van der Waals surface area contributed by atoms with Crippen LogP contribution in [-0.2, 0) is 11.6 Å². The largest absolute Gasteiger partial charge is 0.416 e. The molecule has 2 nitrogen and oxygen atoms in total. The van der Waals surface area contributed by atoms with Gasteiger partial charge in [-0.1, -0.05) is 26.0 Å². The minimum Gasteiger partial charge on any atom is -0.315 e. The summed E-state index contributed by atoms with van der Waals surface area (Å²) in [4.78, 5) is 0. The van der Waals surface area contributed by atoms with Crippen molar-refractivity contribution in [2.75, 3.05) is 0 Å². The predicted octanol–water partition coefficient (Wildman–Crippen LogP) is 2.83. The van der Waals surface area contributed by atoms with E-state index in [1.807, 2.05) is 6.07 Å². The van der Waals surface area contributed by atoms with Crippen LogP contribution in [0, 0.1) is 11.3 Å². The van der Waals surface area contributed by atoms with E-state index in [0.29, 0.717) is 5.56 Å². The van der Waals surface area contributed by atoms with Crippen LogP contribution in [0.25, 0.3) is 0 Å². The van der Waals surface area contributed by atoms with E-state index in [4.69, 9.17) is 11.0 Å². The van der Waals surface area contributed by atoms with Crippen molar-refractivity contribution in [3.8, 4) is 6.07 Å². The van der Waals surface area contributed by atoms with Gasteiger partial charge in [0.2, 0.25) is 0 Å². The summed E-state index contributed by atoms with van der Waals surface area (Å²) in [5.74, 6) is 0. The third-order valence-electron chi connectivity index (χ3n) is 2.87. The fourth-order valence-electron chi connectivity index (χ4n) is 1.43. The topological polar surface area (TPSA) is 49.8 Å². The maximum absolute atomic E-state index is 12.4. The van der Waals surface area contributed by atoms with Crippen molar-refractivity contribution < 1.29 is 13.2 Å². The second-order valence-corrected chi connectivity index (χ2v) is 4.40. The van der Waals surface area contributed by atoms with Gasteiger partial charge in [-0.25, -0.2) is 0 Å². The fourth-order valence-corrected chi connectivity index (χ4v) is 1.43. The van der Waals surface area contributed by atoms with E-state index in [1.165, 1.54) is 12.1 Å². The molecule has 17 heavy (non-hydrogen) atoms. The molecule has 1 atom stereocenters. The van der Waals surface area contributed by atoms with Gasteiger partial charge in [-0.15, -0.1) is 0 Å². The number of hydrogen-bond donors (Lipinski definition) is 1. The maximum atomic E-state index is 12.4. The number of benzene rings is 1. The summed E-state index contributed by atoms with van der Waals surface area (Å²) < 4.78 is 37.1. The Bertz CT molecular complexity index is 427. The average Bonchev–Trinajstić information content (AvgIpc) is 2.27. The van der Waals surface area contributed by atoms with Gasteiger partial charge in [-0.3, -0.25) is 0 Å². The zero-order valence-corrected chi connectivity index (χ0v) is 9.55. The Morgan fingerprint density at radius 3 is 1.88 bits per heavy atom. The third kappa shape index (κ3) is 2.77. The molecule has 5 heteroatoms. The van der Waals surface area contributed by atoms with Crippen LogP contribution in [0.4, 0.5) is 13.2 Å². The molecule has 0 heterocycles. The van der Waals surface area contributed by atoms with Crippen LogP contribution in [0.1, 0.15) is 25.0 Å². The van der Waals surface area contributed by atoms with E-state index in [0.717, 1.165) is 12.1 Å². The molecule has 0 aliphatic carbocycles. The second kappa shape index (κ2) is 4.38. The van der Waals surface area contributed by atoms with Crippen LogP contribution in [0.3, 0.4) is 0 Å². The lowest BCUT2D eigenvalue weighted by Gasteiger charge is -2.27. The zero-order chi connectivity index (χ0) is 13.3. The first kappa shape index (κ1) is 13.5. The SMILES string of the molecule is CC(C)(c1ccc(C(F)(F)F)cc1)C(N)C#N. The molecule has 0 saturated heterocycles. The molecule has 0 saturated carbocycles. The molecule has 0 spiro atoms.